The maximum Gasteiger partial charge on any atom is 1.00 e. The molecule has 3 N–H and O–H groups in total. The van der Waals surface area contributed by atoms with Crippen molar-refractivity contribution in [2.75, 3.05) is 28.7 Å². The summed E-state index contributed by atoms with van der Waals surface area (Å²) >= 11 is 0. The van der Waals surface area contributed by atoms with Gasteiger partial charge in [0.05, 0.1) is 49.3 Å². The molecular formula is C24H23N3Na2O7S2. The number of nitrogens with one attached hydrogen (secondary N) is 2. The Kier molecular flexibility index (Phi) is 12.0. The first-order chi connectivity index (χ1) is 17.0. The van der Waals surface area contributed by atoms with Gasteiger partial charge in [0.1, 0.15) is 0 Å². The van der Waals surface area contributed by atoms with Crippen LogP contribution in [0.2, 0.25) is 0 Å². The summed E-state index contributed by atoms with van der Waals surface area (Å²) in [6, 6.07) is 18.1. The van der Waals surface area contributed by atoms with E-state index in [1.807, 2.05) is 48.5 Å². The van der Waals surface area contributed by atoms with Gasteiger partial charge in [-0.1, -0.05) is 36.4 Å². The van der Waals surface area contributed by atoms with E-state index in [0.29, 0.717) is 28.2 Å². The van der Waals surface area contributed by atoms with Gasteiger partial charge in [0.2, 0.25) is 0 Å². The van der Waals surface area contributed by atoms with Crippen molar-refractivity contribution < 1.29 is 90.2 Å². The van der Waals surface area contributed by atoms with Gasteiger partial charge in [-0.3, -0.25) is 0 Å². The predicted octanol–water partition coefficient (Wildman–Crippen LogP) is -3.32. The molecule has 4 rings (SSSR count). The summed E-state index contributed by atoms with van der Waals surface area (Å²) in [6.07, 6.45) is -0.187. The van der Waals surface area contributed by atoms with Gasteiger partial charge in [0, 0.05) is 34.4 Å². The van der Waals surface area contributed by atoms with E-state index in [-0.39, 0.29) is 78.7 Å². The van der Waals surface area contributed by atoms with Crippen LogP contribution in [0.5, 0.6) is 0 Å². The van der Waals surface area contributed by atoms with Crippen LogP contribution in [-0.4, -0.2) is 54.1 Å². The molecule has 0 unspecified atom stereocenters. The Balaban J connectivity index is 0.00000253. The zero-order valence-electron chi connectivity index (χ0n) is 21.0. The van der Waals surface area contributed by atoms with E-state index in [4.69, 9.17) is 0 Å². The Morgan fingerprint density at radius 2 is 1.32 bits per heavy atom. The van der Waals surface area contributed by atoms with E-state index in [9.17, 15) is 31.0 Å². The van der Waals surface area contributed by atoms with Crippen LogP contribution in [0.15, 0.2) is 60.7 Å². The van der Waals surface area contributed by atoms with Crippen molar-refractivity contribution in [1.82, 2.24) is 4.98 Å². The van der Waals surface area contributed by atoms with Crippen molar-refractivity contribution >= 4 is 59.1 Å². The van der Waals surface area contributed by atoms with Crippen LogP contribution in [0.25, 0.3) is 21.8 Å². The summed E-state index contributed by atoms with van der Waals surface area (Å²) in [5, 5.41) is 17.6. The molecule has 0 amide bonds. The van der Waals surface area contributed by atoms with E-state index in [2.05, 4.69) is 15.6 Å². The normalized spacial score (nSPS) is 11.6. The molecule has 0 fully saturated rings. The fourth-order valence-electron chi connectivity index (χ4n) is 4.01. The zero-order chi connectivity index (χ0) is 25.9. The van der Waals surface area contributed by atoms with Crippen molar-refractivity contribution in [1.29, 1.82) is 0 Å². The molecule has 3 aromatic carbocycles. The molecule has 4 aromatic rings. The second-order valence-electron chi connectivity index (χ2n) is 8.17. The Labute approximate surface area is 265 Å². The number of aliphatic hydroxyl groups excluding tert-OH is 1. The molecule has 1 heterocycles. The number of nitrogens with zero attached hydrogens (tertiary/aromatic N) is 1. The Morgan fingerprint density at radius 1 is 0.789 bits per heavy atom. The number of pyridine rings is 1. The predicted molar refractivity (Wildman–Crippen MR) is 136 cm³/mol. The van der Waals surface area contributed by atoms with Crippen LogP contribution in [0.3, 0.4) is 0 Å². The molecule has 0 spiro atoms. The second-order valence-corrected chi connectivity index (χ2v) is 11.2. The molecule has 0 aliphatic heterocycles. The Hall–Kier alpha value is -1.29. The summed E-state index contributed by atoms with van der Waals surface area (Å²) in [5.74, 6) is -1.40. The molecule has 10 nitrogen and oxygen atoms in total. The van der Waals surface area contributed by atoms with E-state index in [1.165, 1.54) is 6.07 Å². The largest absolute Gasteiger partial charge is 1.00 e. The molecular weight excluding hydrogens is 552 g/mol. The molecule has 0 saturated carbocycles. The van der Waals surface area contributed by atoms with Crippen LogP contribution in [-0.2, 0) is 33.3 Å². The Morgan fingerprint density at radius 3 is 1.84 bits per heavy atom. The average molecular weight is 576 g/mol. The minimum absolute atomic E-state index is 0. The van der Waals surface area contributed by atoms with Crippen LogP contribution in [0.1, 0.15) is 11.1 Å². The number of rotatable bonds is 10. The minimum atomic E-state index is -4.57. The van der Waals surface area contributed by atoms with Crippen molar-refractivity contribution in [2.24, 2.45) is 0 Å². The Bertz CT molecular complexity index is 1600. The van der Waals surface area contributed by atoms with Gasteiger partial charge in [0.15, 0.2) is 0 Å². The van der Waals surface area contributed by atoms with Crippen molar-refractivity contribution in [3.05, 3.63) is 71.8 Å². The fraction of sp³-hybridized carbons (Fsp3) is 0.208. The van der Waals surface area contributed by atoms with Gasteiger partial charge in [-0.15, -0.1) is 0 Å². The van der Waals surface area contributed by atoms with Gasteiger partial charge in [-0.2, -0.15) is 0 Å². The van der Waals surface area contributed by atoms with E-state index >= 15 is 0 Å². The topological polar surface area (TPSA) is 172 Å². The number of aromatic nitrogens is 1. The number of aliphatic hydroxyl groups is 1. The number of para-hydroxylation sites is 2. The molecule has 190 valence electrons. The van der Waals surface area contributed by atoms with Crippen LogP contribution >= 0.6 is 0 Å². The monoisotopic (exact) mass is 575 g/mol. The van der Waals surface area contributed by atoms with Crippen molar-refractivity contribution in [3.63, 3.8) is 0 Å². The first-order valence-corrected chi connectivity index (χ1v) is 14.1. The molecule has 0 bridgehead atoms. The maximum absolute atomic E-state index is 11.4. The third kappa shape index (κ3) is 8.60. The van der Waals surface area contributed by atoms with Gasteiger partial charge < -0.3 is 24.8 Å². The molecule has 38 heavy (non-hydrogen) atoms. The summed E-state index contributed by atoms with van der Waals surface area (Å²) in [4.78, 5) is 4.69. The summed E-state index contributed by atoms with van der Waals surface area (Å²) in [7, 11) is -9.06. The van der Waals surface area contributed by atoms with E-state index in [1.54, 1.807) is 6.07 Å². The van der Waals surface area contributed by atoms with Crippen molar-refractivity contribution in [3.8, 4) is 0 Å². The van der Waals surface area contributed by atoms with Crippen LogP contribution in [0.4, 0.5) is 17.1 Å². The molecule has 0 aliphatic rings. The standard InChI is InChI=1S/C24H25N3O7S2.2Na/c28-15-16-13-22(25-10-12-36(32,33)34)17(9-11-35(29,30)31)23(14-16)27-24-18-5-1-3-7-20(18)26-21-8-4-2-6-19(21)24;;/h1-8,13-14,25,28H,9-12,15H2,(H,26,27)(H,29,30,31)(H,32,33,34);;/q;2*+1/p-2. The van der Waals surface area contributed by atoms with E-state index in [0.717, 1.165) is 21.8 Å². The fourth-order valence-corrected chi connectivity index (χ4v) is 4.81. The van der Waals surface area contributed by atoms with Crippen LogP contribution < -0.4 is 69.7 Å². The molecule has 1 aromatic heterocycles. The molecule has 0 radical (unpaired) electrons. The molecule has 0 aliphatic carbocycles. The molecule has 0 atom stereocenters. The third-order valence-corrected chi connectivity index (χ3v) is 7.02. The van der Waals surface area contributed by atoms with E-state index < -0.39 is 31.7 Å². The summed E-state index contributed by atoms with van der Waals surface area (Å²) < 4.78 is 67.5. The summed E-state index contributed by atoms with van der Waals surface area (Å²) in [6.45, 7) is -0.598. The number of hydrogen-bond acceptors (Lipinski definition) is 10. The quantitative estimate of drug-likeness (QED) is 0.0987. The average Bonchev–Trinajstić information content (AvgIpc) is 2.81. The molecule has 14 heteroatoms. The first kappa shape index (κ1) is 32.9. The number of anilines is 3. The maximum atomic E-state index is 11.4. The smallest absolute Gasteiger partial charge is 0.748 e. The SMILES string of the molecule is O=S(=O)([O-])CCNc1cc(CO)cc(Nc2c3ccccc3nc3ccccc23)c1CCS(=O)(=O)[O-].[Na+].[Na+]. The third-order valence-electron chi connectivity index (χ3n) is 5.61. The van der Waals surface area contributed by atoms with Gasteiger partial charge in [-0.25, -0.2) is 21.8 Å². The molecule has 0 saturated heterocycles. The number of hydrogen-bond donors (Lipinski definition) is 3. The van der Waals surface area contributed by atoms with Gasteiger partial charge in [-0.05, 0) is 41.8 Å². The van der Waals surface area contributed by atoms with Crippen molar-refractivity contribution in [2.45, 2.75) is 13.0 Å². The van der Waals surface area contributed by atoms with Gasteiger partial charge in [0.25, 0.3) is 0 Å². The van der Waals surface area contributed by atoms with Gasteiger partial charge >= 0.3 is 59.1 Å². The number of fused-ring (bicyclic) bond motifs is 2. The zero-order valence-corrected chi connectivity index (χ0v) is 26.6. The summed E-state index contributed by atoms with van der Waals surface area (Å²) in [5.41, 5.74) is 3.68. The second kappa shape index (κ2) is 13.9. The minimum Gasteiger partial charge on any atom is -0.748 e. The first-order valence-electron chi connectivity index (χ1n) is 11.0. The number of benzene rings is 3. The van der Waals surface area contributed by atoms with Crippen LogP contribution in [0, 0.1) is 0 Å².